The number of nitrogens with one attached hydrogen (secondary N) is 1. The van der Waals surface area contributed by atoms with Crippen molar-refractivity contribution in [2.24, 2.45) is 16.8 Å². The first-order valence-corrected chi connectivity index (χ1v) is 12.2. The molecule has 2 saturated heterocycles. The van der Waals surface area contributed by atoms with Gasteiger partial charge in [-0.3, -0.25) is 9.89 Å². The Morgan fingerprint density at radius 2 is 2.03 bits per heavy atom. The summed E-state index contributed by atoms with van der Waals surface area (Å²) < 4.78 is 5.47. The molecule has 3 heterocycles. The lowest BCUT2D eigenvalue weighted by molar-refractivity contribution is 0.0625. The number of likely N-dealkylation sites (tertiary alicyclic amines) is 1. The number of ether oxygens (including phenoxy) is 1. The van der Waals surface area contributed by atoms with Crippen molar-refractivity contribution in [3.8, 4) is 0 Å². The molecular formula is C22H39N5OS. The van der Waals surface area contributed by atoms with E-state index in [9.17, 15) is 0 Å². The topological polar surface area (TPSA) is 53.0 Å². The second-order valence-electron chi connectivity index (χ2n) is 8.50. The maximum Gasteiger partial charge on any atom is 0.193 e. The highest BCUT2D eigenvalue weighted by Gasteiger charge is 2.21. The molecule has 0 unspecified atom stereocenters. The van der Waals surface area contributed by atoms with E-state index in [1.54, 1.807) is 11.3 Å². The lowest BCUT2D eigenvalue weighted by atomic mass is 9.96. The van der Waals surface area contributed by atoms with Crippen LogP contribution < -0.4 is 5.32 Å². The van der Waals surface area contributed by atoms with Crippen LogP contribution in [0, 0.1) is 11.8 Å². The second kappa shape index (κ2) is 11.9. The number of aryl methyl sites for hydroxylation is 1. The average Bonchev–Trinajstić information content (AvgIpc) is 3.22. The first-order chi connectivity index (χ1) is 14.2. The molecule has 3 rings (SSSR count). The zero-order valence-corrected chi connectivity index (χ0v) is 19.3. The van der Waals surface area contributed by atoms with Crippen molar-refractivity contribution < 1.29 is 4.74 Å². The molecule has 0 amide bonds. The van der Waals surface area contributed by atoms with E-state index in [2.05, 4.69) is 39.5 Å². The van der Waals surface area contributed by atoms with Crippen LogP contribution in [-0.4, -0.2) is 74.2 Å². The molecule has 6 nitrogen and oxygen atoms in total. The molecule has 2 aliphatic rings. The highest BCUT2D eigenvalue weighted by molar-refractivity contribution is 7.09. The summed E-state index contributed by atoms with van der Waals surface area (Å²) in [6.07, 6.45) is 7.19. The molecule has 0 atom stereocenters. The molecule has 0 aromatic carbocycles. The van der Waals surface area contributed by atoms with E-state index in [0.717, 1.165) is 57.1 Å². The standard InChI is InChI=1S/C22H39N5OS/c1-4-21-25-20(17-29-21)16-27-11-6-19(7-12-27)15-24-22(23-2)26(3)10-5-18-8-13-28-14-9-18/h17-19H,4-16H2,1-3H3,(H,23,24). The van der Waals surface area contributed by atoms with Crippen molar-refractivity contribution in [1.82, 2.24) is 20.1 Å². The van der Waals surface area contributed by atoms with Crippen molar-refractivity contribution in [2.75, 3.05) is 53.5 Å². The summed E-state index contributed by atoms with van der Waals surface area (Å²) in [4.78, 5) is 14.1. The quantitative estimate of drug-likeness (QED) is 0.516. The van der Waals surface area contributed by atoms with Crippen molar-refractivity contribution in [3.05, 3.63) is 16.1 Å². The predicted octanol–water partition coefficient (Wildman–Crippen LogP) is 3.24. The van der Waals surface area contributed by atoms with Gasteiger partial charge in [0.2, 0.25) is 0 Å². The third-order valence-corrected chi connectivity index (χ3v) is 7.37. The number of hydrogen-bond donors (Lipinski definition) is 1. The SMILES string of the molecule is CCc1nc(CN2CCC(CNC(=NC)N(C)CCC3CCOCC3)CC2)cs1. The molecule has 7 heteroatoms. The normalized spacial score (nSPS) is 20.2. The van der Waals surface area contributed by atoms with Crippen LogP contribution in [0.3, 0.4) is 0 Å². The molecule has 0 bridgehead atoms. The lowest BCUT2D eigenvalue weighted by Gasteiger charge is -2.32. The Labute approximate surface area is 180 Å². The van der Waals surface area contributed by atoms with Crippen LogP contribution in [0.2, 0.25) is 0 Å². The van der Waals surface area contributed by atoms with Gasteiger partial charge in [0.25, 0.3) is 0 Å². The third-order valence-electron chi connectivity index (χ3n) is 6.33. The third kappa shape index (κ3) is 7.23. The molecule has 0 saturated carbocycles. The van der Waals surface area contributed by atoms with Gasteiger partial charge in [0.1, 0.15) is 0 Å². The predicted molar refractivity (Wildman–Crippen MR) is 122 cm³/mol. The summed E-state index contributed by atoms with van der Waals surface area (Å²) in [6, 6.07) is 0. The summed E-state index contributed by atoms with van der Waals surface area (Å²) >= 11 is 1.80. The van der Waals surface area contributed by atoms with Gasteiger partial charge in [0.15, 0.2) is 5.96 Å². The van der Waals surface area contributed by atoms with Crippen LogP contribution in [0.5, 0.6) is 0 Å². The van der Waals surface area contributed by atoms with Gasteiger partial charge in [-0.15, -0.1) is 11.3 Å². The van der Waals surface area contributed by atoms with Gasteiger partial charge in [0, 0.05) is 52.3 Å². The second-order valence-corrected chi connectivity index (χ2v) is 9.44. The van der Waals surface area contributed by atoms with Crippen molar-refractivity contribution in [2.45, 2.75) is 52.0 Å². The van der Waals surface area contributed by atoms with Crippen molar-refractivity contribution in [3.63, 3.8) is 0 Å². The highest BCUT2D eigenvalue weighted by Crippen LogP contribution is 2.20. The molecular weight excluding hydrogens is 382 g/mol. The maximum atomic E-state index is 5.47. The van der Waals surface area contributed by atoms with Gasteiger partial charge in [-0.1, -0.05) is 6.92 Å². The van der Waals surface area contributed by atoms with E-state index >= 15 is 0 Å². The Morgan fingerprint density at radius 3 is 2.69 bits per heavy atom. The maximum absolute atomic E-state index is 5.47. The summed E-state index contributed by atoms with van der Waals surface area (Å²) in [5, 5.41) is 7.11. The highest BCUT2D eigenvalue weighted by atomic mass is 32.1. The zero-order chi connectivity index (χ0) is 20.5. The number of thiazole rings is 1. The number of aromatic nitrogens is 1. The minimum atomic E-state index is 0.730. The molecule has 29 heavy (non-hydrogen) atoms. The first-order valence-electron chi connectivity index (χ1n) is 11.3. The molecule has 0 radical (unpaired) electrons. The molecule has 0 aliphatic carbocycles. The number of nitrogens with zero attached hydrogens (tertiary/aromatic N) is 4. The van der Waals surface area contributed by atoms with Gasteiger partial charge < -0.3 is 15.0 Å². The Morgan fingerprint density at radius 1 is 1.28 bits per heavy atom. The monoisotopic (exact) mass is 421 g/mol. The average molecular weight is 422 g/mol. The van der Waals surface area contributed by atoms with Gasteiger partial charge in [-0.2, -0.15) is 0 Å². The summed E-state index contributed by atoms with van der Waals surface area (Å²) in [5.74, 6) is 2.57. The van der Waals surface area contributed by atoms with Gasteiger partial charge >= 0.3 is 0 Å². The van der Waals surface area contributed by atoms with E-state index in [4.69, 9.17) is 9.72 Å². The number of rotatable bonds is 8. The van der Waals surface area contributed by atoms with Crippen LogP contribution in [-0.2, 0) is 17.7 Å². The Kier molecular flexibility index (Phi) is 9.21. The van der Waals surface area contributed by atoms with Crippen LogP contribution in [0.15, 0.2) is 10.4 Å². The largest absolute Gasteiger partial charge is 0.381 e. The van der Waals surface area contributed by atoms with Crippen LogP contribution >= 0.6 is 11.3 Å². The number of hydrogen-bond acceptors (Lipinski definition) is 5. The summed E-state index contributed by atoms with van der Waals surface area (Å²) in [6.45, 7) is 9.48. The van der Waals surface area contributed by atoms with Crippen molar-refractivity contribution in [1.29, 1.82) is 0 Å². The lowest BCUT2D eigenvalue weighted by Crippen LogP contribution is -2.44. The van der Waals surface area contributed by atoms with E-state index in [0.29, 0.717) is 0 Å². The Balaban J connectivity index is 1.33. The minimum Gasteiger partial charge on any atom is -0.381 e. The van der Waals surface area contributed by atoms with E-state index in [1.807, 2.05) is 7.05 Å². The first kappa shape index (κ1) is 22.5. The fourth-order valence-electron chi connectivity index (χ4n) is 4.30. The molecule has 164 valence electrons. The van der Waals surface area contributed by atoms with Gasteiger partial charge in [-0.25, -0.2) is 4.98 Å². The van der Waals surface area contributed by atoms with E-state index in [-0.39, 0.29) is 0 Å². The Hall–Kier alpha value is -1.18. The van der Waals surface area contributed by atoms with Gasteiger partial charge in [0.05, 0.1) is 10.7 Å². The molecule has 0 spiro atoms. The summed E-state index contributed by atoms with van der Waals surface area (Å²) in [7, 11) is 4.06. The van der Waals surface area contributed by atoms with Crippen molar-refractivity contribution >= 4 is 17.3 Å². The van der Waals surface area contributed by atoms with Crippen LogP contribution in [0.1, 0.15) is 49.7 Å². The Bertz CT molecular complexity index is 620. The van der Waals surface area contributed by atoms with Gasteiger partial charge in [-0.05, 0) is 63.5 Å². The minimum absolute atomic E-state index is 0.730. The van der Waals surface area contributed by atoms with E-state index < -0.39 is 0 Å². The zero-order valence-electron chi connectivity index (χ0n) is 18.5. The molecule has 1 aromatic rings. The molecule has 2 fully saturated rings. The fraction of sp³-hybridized carbons (Fsp3) is 0.818. The fourth-order valence-corrected chi connectivity index (χ4v) is 5.04. The van der Waals surface area contributed by atoms with E-state index in [1.165, 1.54) is 55.9 Å². The molecule has 2 aliphatic heterocycles. The molecule has 1 aromatic heterocycles. The van der Waals surface area contributed by atoms with Crippen LogP contribution in [0.25, 0.3) is 0 Å². The molecule has 1 N–H and O–H groups in total. The smallest absolute Gasteiger partial charge is 0.193 e. The number of piperidine rings is 1. The van der Waals surface area contributed by atoms with Crippen LogP contribution in [0.4, 0.5) is 0 Å². The number of guanidine groups is 1. The summed E-state index contributed by atoms with van der Waals surface area (Å²) in [5.41, 5.74) is 1.25. The number of aliphatic imine (C=N–C) groups is 1.